The van der Waals surface area contributed by atoms with Crippen molar-refractivity contribution < 1.29 is 44.0 Å². The normalized spacial score (nSPS) is 27.8. The van der Waals surface area contributed by atoms with E-state index in [0.717, 1.165) is 6.07 Å². The summed E-state index contributed by atoms with van der Waals surface area (Å²) in [5.41, 5.74) is 5.64. The van der Waals surface area contributed by atoms with Crippen LogP contribution in [0.25, 0.3) is 0 Å². The van der Waals surface area contributed by atoms with E-state index >= 15 is 0 Å². The zero-order chi connectivity index (χ0) is 26.0. The number of primary amides is 1. The van der Waals surface area contributed by atoms with Crippen molar-refractivity contribution in [1.29, 1.82) is 0 Å². The highest BCUT2D eigenvalue weighted by molar-refractivity contribution is 6.25. The third-order valence-corrected chi connectivity index (χ3v) is 6.81. The molecule has 186 valence electrons. The van der Waals surface area contributed by atoms with Gasteiger partial charge in [-0.1, -0.05) is 0 Å². The molecule has 0 saturated heterocycles. The van der Waals surface area contributed by atoms with Crippen molar-refractivity contribution in [2.75, 3.05) is 18.9 Å². The van der Waals surface area contributed by atoms with E-state index in [0.29, 0.717) is 0 Å². The Morgan fingerprint density at radius 1 is 1.26 bits per heavy atom. The number of nitrogens with one attached hydrogen (secondary N) is 2. The van der Waals surface area contributed by atoms with E-state index < -0.39 is 86.7 Å². The summed E-state index contributed by atoms with van der Waals surface area (Å²) in [6.45, 7) is -0.167. The van der Waals surface area contributed by atoms with Gasteiger partial charge in [-0.05, 0) is 25.8 Å². The average Bonchev–Trinajstić information content (AvgIpc) is 2.77. The number of aromatic hydroxyl groups is 1. The van der Waals surface area contributed by atoms with Crippen molar-refractivity contribution >= 4 is 29.1 Å². The lowest BCUT2D eigenvalue weighted by Gasteiger charge is -2.47. The molecule has 0 aliphatic heterocycles. The van der Waals surface area contributed by atoms with E-state index in [1.54, 1.807) is 0 Å². The van der Waals surface area contributed by atoms with Gasteiger partial charge in [-0.3, -0.25) is 19.2 Å². The van der Waals surface area contributed by atoms with Gasteiger partial charge in [0, 0.05) is 23.1 Å². The van der Waals surface area contributed by atoms with Gasteiger partial charge in [0.2, 0.25) is 11.7 Å². The number of fused-ring (bicyclic) bond motifs is 3. The highest BCUT2D eigenvalue weighted by atomic mass is 19.1. The van der Waals surface area contributed by atoms with Crippen LogP contribution in [0.4, 0.5) is 10.1 Å². The first-order chi connectivity index (χ1) is 16.4. The molecule has 4 rings (SSSR count). The van der Waals surface area contributed by atoms with Crippen LogP contribution in [0, 0.1) is 17.7 Å². The van der Waals surface area contributed by atoms with Gasteiger partial charge < -0.3 is 42.5 Å². The number of halogens is 1. The van der Waals surface area contributed by atoms with Gasteiger partial charge in [0.1, 0.15) is 22.9 Å². The van der Waals surface area contributed by atoms with Crippen LogP contribution in [-0.2, 0) is 20.8 Å². The molecular formula is C22H23FN4O8. The van der Waals surface area contributed by atoms with E-state index in [-0.39, 0.29) is 30.6 Å². The molecule has 0 spiro atoms. The van der Waals surface area contributed by atoms with Crippen LogP contribution in [0.2, 0.25) is 0 Å². The van der Waals surface area contributed by atoms with Gasteiger partial charge in [0.15, 0.2) is 17.1 Å². The molecule has 12 nitrogen and oxygen atoms in total. The quantitative estimate of drug-likeness (QED) is 0.186. The Kier molecular flexibility index (Phi) is 5.66. The molecule has 10 N–H and O–H groups in total. The number of aliphatic hydroxyl groups excluding tert-OH is 2. The number of benzene rings is 1. The van der Waals surface area contributed by atoms with Crippen LogP contribution in [0.3, 0.4) is 0 Å². The number of likely N-dealkylation sites (N-methyl/N-ethyl adjacent to an activating group) is 1. The van der Waals surface area contributed by atoms with Crippen LogP contribution < -0.4 is 22.1 Å². The van der Waals surface area contributed by atoms with Crippen molar-refractivity contribution in [3.63, 3.8) is 0 Å². The molecule has 1 aromatic rings. The number of rotatable bonds is 4. The van der Waals surface area contributed by atoms with Crippen LogP contribution >= 0.6 is 0 Å². The second-order valence-corrected chi connectivity index (χ2v) is 8.77. The van der Waals surface area contributed by atoms with Crippen LogP contribution in [0.15, 0.2) is 28.7 Å². The Balaban J connectivity index is 1.88. The first-order valence-corrected chi connectivity index (χ1v) is 10.6. The van der Waals surface area contributed by atoms with E-state index in [9.17, 15) is 44.0 Å². The minimum absolute atomic E-state index is 0.167. The number of ketones is 2. The molecule has 4 atom stereocenters. The number of Topliss-reactive ketones (excluding diaryl/α,β-unsaturated/α-hetero) is 2. The maximum Gasteiger partial charge on any atom is 0.255 e. The number of allylic oxidation sites excluding steroid dienone is 1. The Hall–Kier alpha value is -3.81. The zero-order valence-electron chi connectivity index (χ0n) is 18.4. The van der Waals surface area contributed by atoms with E-state index in [1.165, 1.54) is 7.05 Å². The lowest BCUT2D eigenvalue weighted by atomic mass is 9.59. The average molecular weight is 490 g/mol. The van der Waals surface area contributed by atoms with Crippen molar-refractivity contribution in [3.8, 4) is 5.75 Å². The Bertz CT molecular complexity index is 1270. The number of hydrogen-bond donors (Lipinski definition) is 8. The molecule has 13 heteroatoms. The number of hydrogen-bond acceptors (Lipinski definition) is 10. The third-order valence-electron chi connectivity index (χ3n) is 6.81. The molecule has 0 saturated carbocycles. The standard InChI is InChI=1S/C22H23FN4O8/c1-26-5-11(28)27-10-4-9(23)7-2-6-3-8-15(24)18(31)14(21(25)34)20(33)22(8,35)19(32)12(6)17(30)13(7)16(10)29/h4,6,8,15,26,29,31-32,35H,2-3,5,24H2,1H3,(H2,25,34)(H,27,28)/t6-,8-,15-,22-/m0/s1. The molecule has 0 aromatic heterocycles. The molecule has 3 aliphatic rings. The second kappa shape index (κ2) is 8.15. The third kappa shape index (κ3) is 3.31. The van der Waals surface area contributed by atoms with Crippen molar-refractivity contribution in [3.05, 3.63) is 45.7 Å². The fraction of sp³-hybridized carbons (Fsp3) is 0.364. The molecule has 0 bridgehead atoms. The summed E-state index contributed by atoms with van der Waals surface area (Å²) in [4.78, 5) is 50.0. The SMILES string of the molecule is CNCC(=O)Nc1cc(F)c2c(c1O)C(=O)C1=C(O)[C@]3(O)C(=O)C(C(N)=O)=C(O)[C@@H](N)[C@@H]3C[C@@H]1C2. The molecule has 0 radical (unpaired) electrons. The maximum absolute atomic E-state index is 15.0. The molecular weight excluding hydrogens is 467 g/mol. The molecule has 35 heavy (non-hydrogen) atoms. The van der Waals surface area contributed by atoms with Gasteiger partial charge in [-0.15, -0.1) is 0 Å². The maximum atomic E-state index is 15.0. The number of aliphatic hydroxyl groups is 3. The first kappa shape index (κ1) is 24.3. The molecule has 0 unspecified atom stereocenters. The number of phenolic OH excluding ortho intramolecular Hbond substituents is 1. The first-order valence-electron chi connectivity index (χ1n) is 10.6. The lowest BCUT2D eigenvalue weighted by molar-refractivity contribution is -0.145. The minimum atomic E-state index is -2.86. The van der Waals surface area contributed by atoms with Crippen LogP contribution in [0.1, 0.15) is 22.3 Å². The monoisotopic (exact) mass is 490 g/mol. The van der Waals surface area contributed by atoms with Crippen LogP contribution in [0.5, 0.6) is 5.75 Å². The number of amides is 2. The molecule has 0 fully saturated rings. The summed E-state index contributed by atoms with van der Waals surface area (Å²) in [6, 6.07) is -0.643. The summed E-state index contributed by atoms with van der Waals surface area (Å²) in [6.07, 6.45) is -0.476. The smallest absolute Gasteiger partial charge is 0.255 e. The molecule has 2 amide bonds. The Labute approximate surface area is 197 Å². The molecule has 1 aromatic carbocycles. The number of nitrogens with two attached hydrogens (primary N) is 2. The summed E-state index contributed by atoms with van der Waals surface area (Å²) >= 11 is 0. The highest BCUT2D eigenvalue weighted by Gasteiger charge is 2.62. The molecule has 3 aliphatic carbocycles. The fourth-order valence-electron chi connectivity index (χ4n) is 5.19. The Morgan fingerprint density at radius 3 is 2.51 bits per heavy atom. The van der Waals surface area contributed by atoms with Gasteiger partial charge >= 0.3 is 0 Å². The van der Waals surface area contributed by atoms with Crippen molar-refractivity contribution in [2.45, 2.75) is 24.5 Å². The summed E-state index contributed by atoms with van der Waals surface area (Å²) in [7, 11) is 1.49. The predicted molar refractivity (Wildman–Crippen MR) is 117 cm³/mol. The second-order valence-electron chi connectivity index (χ2n) is 8.77. The number of carbonyl (C=O) groups is 4. The highest BCUT2D eigenvalue weighted by Crippen LogP contribution is 2.52. The fourth-order valence-corrected chi connectivity index (χ4v) is 5.19. The minimum Gasteiger partial charge on any atom is -0.510 e. The van der Waals surface area contributed by atoms with Gasteiger partial charge in [0.05, 0.1) is 23.8 Å². The molecule has 0 heterocycles. The van der Waals surface area contributed by atoms with E-state index in [4.69, 9.17) is 11.5 Å². The predicted octanol–water partition coefficient (Wildman–Crippen LogP) is -1.19. The van der Waals surface area contributed by atoms with Gasteiger partial charge in [0.25, 0.3) is 5.91 Å². The number of anilines is 1. The van der Waals surface area contributed by atoms with E-state index in [1.807, 2.05) is 0 Å². The lowest BCUT2D eigenvalue weighted by Crippen LogP contribution is -2.63. The van der Waals surface area contributed by atoms with Gasteiger partial charge in [-0.2, -0.15) is 0 Å². The Morgan fingerprint density at radius 2 is 1.91 bits per heavy atom. The summed E-state index contributed by atoms with van der Waals surface area (Å²) in [5, 5.41) is 48.0. The largest absolute Gasteiger partial charge is 0.510 e. The topological polar surface area (TPSA) is 225 Å². The number of phenols is 1. The van der Waals surface area contributed by atoms with Crippen molar-refractivity contribution in [1.82, 2.24) is 5.32 Å². The summed E-state index contributed by atoms with van der Waals surface area (Å²) in [5.74, 6) is -10.5. The summed E-state index contributed by atoms with van der Waals surface area (Å²) < 4.78 is 15.0. The number of carbonyl (C=O) groups excluding carboxylic acids is 4. The van der Waals surface area contributed by atoms with Crippen LogP contribution in [-0.4, -0.2) is 69.0 Å². The van der Waals surface area contributed by atoms with E-state index in [2.05, 4.69) is 10.6 Å². The van der Waals surface area contributed by atoms with Crippen molar-refractivity contribution in [2.24, 2.45) is 23.3 Å². The van der Waals surface area contributed by atoms with Gasteiger partial charge in [-0.25, -0.2) is 4.39 Å². The zero-order valence-corrected chi connectivity index (χ0v) is 18.4.